The maximum absolute atomic E-state index is 11.2. The van der Waals surface area contributed by atoms with Crippen molar-refractivity contribution >= 4 is 11.6 Å². The van der Waals surface area contributed by atoms with Gasteiger partial charge in [-0.25, -0.2) is 10.3 Å². The molecule has 1 heterocycles. The smallest absolute Gasteiger partial charge is 0.266 e. The van der Waals surface area contributed by atoms with Crippen LogP contribution in [0.25, 0.3) is 0 Å². The van der Waals surface area contributed by atoms with Crippen molar-refractivity contribution in [2.24, 2.45) is 0 Å². The number of H-pyrrole nitrogens is 2. The molecule has 2 rings (SSSR count). The lowest BCUT2D eigenvalue weighted by Crippen LogP contribution is -2.24. The Morgan fingerprint density at radius 2 is 2.38 bits per heavy atom. The number of hydrogen-bond donors (Lipinski definition) is 2. The largest absolute Gasteiger partial charge is 0.289 e. The maximum atomic E-state index is 11.2. The lowest BCUT2D eigenvalue weighted by Gasteiger charge is -2.19. The van der Waals surface area contributed by atoms with Crippen molar-refractivity contribution < 1.29 is 0 Å². The van der Waals surface area contributed by atoms with Crippen molar-refractivity contribution in [2.45, 2.75) is 11.3 Å². The summed E-state index contributed by atoms with van der Waals surface area (Å²) < 4.78 is 0. The highest BCUT2D eigenvalue weighted by atomic mass is 35.5. The fraction of sp³-hybridized carbons (Fsp3) is 0.250. The minimum absolute atomic E-state index is 0.269. The summed E-state index contributed by atoms with van der Waals surface area (Å²) in [6.45, 7) is 0. The number of alkyl halides is 1. The van der Waals surface area contributed by atoms with Crippen molar-refractivity contribution in [1.82, 2.24) is 15.4 Å². The normalized spacial score (nSPS) is 26.5. The van der Waals surface area contributed by atoms with E-state index < -0.39 is 4.87 Å². The molecule has 0 aromatic carbocycles. The number of nitrogens with one attached hydrogen (secondary N) is 2. The van der Waals surface area contributed by atoms with Crippen LogP contribution in [-0.4, -0.2) is 15.4 Å². The molecule has 5 heteroatoms. The van der Waals surface area contributed by atoms with E-state index in [2.05, 4.69) is 15.4 Å². The second-order valence-electron chi connectivity index (χ2n) is 2.88. The molecule has 0 aliphatic heterocycles. The number of allylic oxidation sites excluding steroid dienone is 4. The van der Waals surface area contributed by atoms with Gasteiger partial charge in [0, 0.05) is 0 Å². The molecule has 13 heavy (non-hydrogen) atoms. The highest BCUT2D eigenvalue weighted by molar-refractivity contribution is 6.25. The molecule has 0 fully saturated rings. The van der Waals surface area contributed by atoms with E-state index in [0.29, 0.717) is 12.1 Å². The van der Waals surface area contributed by atoms with Crippen LogP contribution < -0.4 is 5.56 Å². The van der Waals surface area contributed by atoms with Gasteiger partial charge in [-0.05, 0) is 6.42 Å². The first kappa shape index (κ1) is 8.31. The third-order valence-electron chi connectivity index (χ3n) is 1.97. The molecular weight excluding hydrogens is 190 g/mol. The molecule has 0 amide bonds. The Morgan fingerprint density at radius 1 is 1.54 bits per heavy atom. The van der Waals surface area contributed by atoms with E-state index in [1.54, 1.807) is 6.08 Å². The standard InChI is InChI=1S/C8H8ClN3O/c9-8(4-2-1-3-5-8)6-7(13)11-12-10-6/h1-4H,5H2,(H2,10,11,12,13). The van der Waals surface area contributed by atoms with Gasteiger partial charge in [0.05, 0.1) is 0 Å². The Labute approximate surface area is 79.3 Å². The van der Waals surface area contributed by atoms with Gasteiger partial charge in [0.1, 0.15) is 4.87 Å². The van der Waals surface area contributed by atoms with Crippen molar-refractivity contribution in [3.05, 3.63) is 40.4 Å². The zero-order valence-corrected chi connectivity index (χ0v) is 7.51. The van der Waals surface area contributed by atoms with Gasteiger partial charge >= 0.3 is 0 Å². The summed E-state index contributed by atoms with van der Waals surface area (Å²) in [6, 6.07) is 0. The minimum atomic E-state index is -0.789. The van der Waals surface area contributed by atoms with E-state index in [4.69, 9.17) is 11.6 Å². The monoisotopic (exact) mass is 197 g/mol. The number of rotatable bonds is 1. The average molecular weight is 198 g/mol. The van der Waals surface area contributed by atoms with Crippen molar-refractivity contribution in [3.63, 3.8) is 0 Å². The molecule has 0 radical (unpaired) electrons. The second kappa shape index (κ2) is 2.88. The summed E-state index contributed by atoms with van der Waals surface area (Å²) in [5.41, 5.74) is 0.0460. The van der Waals surface area contributed by atoms with Crippen molar-refractivity contribution in [3.8, 4) is 0 Å². The van der Waals surface area contributed by atoms with Crippen molar-refractivity contribution in [1.29, 1.82) is 0 Å². The average Bonchev–Trinajstić information content (AvgIpc) is 2.53. The molecule has 1 aromatic rings. The Balaban J connectivity index is 2.46. The van der Waals surface area contributed by atoms with Crippen LogP contribution >= 0.6 is 11.6 Å². The molecule has 1 unspecified atom stereocenters. The van der Waals surface area contributed by atoms with Crippen LogP contribution in [0.2, 0.25) is 0 Å². The minimum Gasteiger partial charge on any atom is -0.266 e. The van der Waals surface area contributed by atoms with Crippen molar-refractivity contribution in [2.75, 3.05) is 0 Å². The van der Waals surface area contributed by atoms with Gasteiger partial charge in [0.15, 0.2) is 5.69 Å². The number of aromatic nitrogens is 3. The van der Waals surface area contributed by atoms with Gasteiger partial charge in [-0.3, -0.25) is 4.79 Å². The molecule has 0 saturated carbocycles. The highest BCUT2D eigenvalue weighted by Gasteiger charge is 2.31. The van der Waals surface area contributed by atoms with Gasteiger partial charge in [-0.15, -0.1) is 11.6 Å². The number of aromatic amines is 2. The zero-order chi connectivity index (χ0) is 9.31. The van der Waals surface area contributed by atoms with Crippen LogP contribution in [0.4, 0.5) is 0 Å². The predicted molar refractivity (Wildman–Crippen MR) is 49.6 cm³/mol. The third kappa shape index (κ3) is 1.33. The Kier molecular flexibility index (Phi) is 1.84. The molecule has 68 valence electrons. The van der Waals surface area contributed by atoms with Crippen LogP contribution in [0.1, 0.15) is 12.1 Å². The highest BCUT2D eigenvalue weighted by Crippen LogP contribution is 2.33. The Bertz CT molecular complexity index is 417. The van der Waals surface area contributed by atoms with Crippen LogP contribution in [0.5, 0.6) is 0 Å². The molecule has 1 aliphatic rings. The fourth-order valence-electron chi connectivity index (χ4n) is 1.30. The quantitative estimate of drug-likeness (QED) is 0.661. The second-order valence-corrected chi connectivity index (χ2v) is 3.55. The molecule has 2 N–H and O–H groups in total. The Morgan fingerprint density at radius 3 is 2.92 bits per heavy atom. The summed E-state index contributed by atoms with van der Waals surface area (Å²) in [5, 5.41) is 8.55. The third-order valence-corrected chi connectivity index (χ3v) is 2.43. The first-order valence-electron chi connectivity index (χ1n) is 3.89. The van der Waals surface area contributed by atoms with E-state index in [1.807, 2.05) is 18.2 Å². The van der Waals surface area contributed by atoms with Gasteiger partial charge in [-0.1, -0.05) is 24.3 Å². The van der Waals surface area contributed by atoms with E-state index in [-0.39, 0.29) is 5.56 Å². The zero-order valence-electron chi connectivity index (χ0n) is 6.75. The van der Waals surface area contributed by atoms with Gasteiger partial charge in [-0.2, -0.15) is 5.10 Å². The number of halogens is 1. The lowest BCUT2D eigenvalue weighted by molar-refractivity contribution is 0.720. The van der Waals surface area contributed by atoms with E-state index >= 15 is 0 Å². The molecule has 0 spiro atoms. The molecule has 4 nitrogen and oxygen atoms in total. The van der Waals surface area contributed by atoms with Crippen LogP contribution in [0.15, 0.2) is 29.1 Å². The predicted octanol–water partition coefficient (Wildman–Crippen LogP) is 1.05. The first-order valence-corrected chi connectivity index (χ1v) is 4.27. The fourth-order valence-corrected chi connectivity index (χ4v) is 1.59. The summed E-state index contributed by atoms with van der Waals surface area (Å²) in [7, 11) is 0. The van der Waals surface area contributed by atoms with Gasteiger partial charge < -0.3 is 0 Å². The summed E-state index contributed by atoms with van der Waals surface area (Å²) in [5.74, 6) is 0. The topological polar surface area (TPSA) is 61.5 Å². The molecule has 0 bridgehead atoms. The van der Waals surface area contributed by atoms with Gasteiger partial charge in [0.2, 0.25) is 0 Å². The van der Waals surface area contributed by atoms with E-state index in [9.17, 15) is 4.79 Å². The Hall–Kier alpha value is -1.29. The summed E-state index contributed by atoms with van der Waals surface area (Å²) in [4.78, 5) is 10.4. The van der Waals surface area contributed by atoms with Crippen LogP contribution in [0, 0.1) is 0 Å². The van der Waals surface area contributed by atoms with Gasteiger partial charge in [0.25, 0.3) is 5.56 Å². The summed E-state index contributed by atoms with van der Waals surface area (Å²) in [6.07, 6.45) is 7.95. The van der Waals surface area contributed by atoms with E-state index in [1.165, 1.54) is 0 Å². The summed E-state index contributed by atoms with van der Waals surface area (Å²) >= 11 is 6.21. The lowest BCUT2D eigenvalue weighted by atomic mass is 9.97. The number of nitrogens with zero attached hydrogens (tertiary/aromatic N) is 1. The van der Waals surface area contributed by atoms with Crippen LogP contribution in [-0.2, 0) is 4.87 Å². The molecule has 1 aliphatic carbocycles. The molecule has 1 aromatic heterocycles. The molecular formula is C8H8ClN3O. The maximum Gasteiger partial charge on any atom is 0.289 e. The molecule has 0 saturated heterocycles. The SMILES string of the molecule is O=c1[nH][nH]nc1C1(Cl)C=CC=CC1. The van der Waals surface area contributed by atoms with Crippen LogP contribution in [0.3, 0.4) is 0 Å². The van der Waals surface area contributed by atoms with E-state index in [0.717, 1.165) is 0 Å². The molecule has 1 atom stereocenters. The first-order chi connectivity index (χ1) is 6.22. The number of hydrogen-bond acceptors (Lipinski definition) is 2.